The van der Waals surface area contributed by atoms with Gasteiger partial charge in [0.1, 0.15) is 0 Å². The van der Waals surface area contributed by atoms with Crippen LogP contribution in [0.2, 0.25) is 0 Å². The standard InChI is InChI=1S/C14H13N3O3S/c1-2-20-14(19)7-9-6-13(18)17-12(15-9)8-10(16-17)11-4-3-5-21-11/h3-6,8,16H,2,7H2,1H3. The zero-order valence-corrected chi connectivity index (χ0v) is 12.1. The Morgan fingerprint density at radius 3 is 3.05 bits per heavy atom. The third-order valence-corrected chi connectivity index (χ3v) is 3.82. The maximum Gasteiger partial charge on any atom is 0.311 e. The first kappa shape index (κ1) is 13.6. The number of ether oxygens (including phenoxy) is 1. The molecule has 1 N–H and O–H groups in total. The highest BCUT2D eigenvalue weighted by atomic mass is 32.1. The molecule has 21 heavy (non-hydrogen) atoms. The number of hydrogen-bond acceptors (Lipinski definition) is 5. The molecule has 0 bridgehead atoms. The molecule has 3 heterocycles. The Balaban J connectivity index is 2.00. The van der Waals surface area contributed by atoms with Crippen molar-refractivity contribution in [2.45, 2.75) is 13.3 Å². The summed E-state index contributed by atoms with van der Waals surface area (Å²) in [4.78, 5) is 28.9. The number of rotatable bonds is 4. The van der Waals surface area contributed by atoms with Crippen LogP contribution >= 0.6 is 11.3 Å². The fraction of sp³-hybridized carbons (Fsp3) is 0.214. The molecule has 0 amide bonds. The molecule has 0 aliphatic heterocycles. The molecular weight excluding hydrogens is 290 g/mol. The molecule has 0 aromatic carbocycles. The minimum atomic E-state index is -0.386. The molecule has 6 nitrogen and oxygen atoms in total. The van der Waals surface area contributed by atoms with Gasteiger partial charge in [0.15, 0.2) is 5.65 Å². The SMILES string of the molecule is CCOC(=O)Cc1cc(=O)n2[nH]c(-c3cccs3)cc2n1. The lowest BCUT2D eigenvalue weighted by atomic mass is 10.3. The van der Waals surface area contributed by atoms with E-state index in [4.69, 9.17) is 4.74 Å². The van der Waals surface area contributed by atoms with Crippen molar-refractivity contribution in [2.75, 3.05) is 6.61 Å². The highest BCUT2D eigenvalue weighted by molar-refractivity contribution is 7.13. The van der Waals surface area contributed by atoms with E-state index in [0.717, 1.165) is 10.6 Å². The summed E-state index contributed by atoms with van der Waals surface area (Å²) in [7, 11) is 0. The van der Waals surface area contributed by atoms with Gasteiger partial charge in [-0.1, -0.05) is 6.07 Å². The summed E-state index contributed by atoms with van der Waals surface area (Å²) in [6.45, 7) is 2.05. The van der Waals surface area contributed by atoms with Crippen molar-refractivity contribution in [1.29, 1.82) is 0 Å². The molecule has 0 saturated heterocycles. The van der Waals surface area contributed by atoms with Crippen molar-refractivity contribution >= 4 is 23.0 Å². The second-order valence-electron chi connectivity index (χ2n) is 4.41. The first-order valence-electron chi connectivity index (χ1n) is 6.48. The van der Waals surface area contributed by atoms with Crippen LogP contribution in [0.4, 0.5) is 0 Å². The first-order chi connectivity index (χ1) is 10.2. The van der Waals surface area contributed by atoms with E-state index in [0.29, 0.717) is 17.9 Å². The minimum absolute atomic E-state index is 0.000898. The summed E-state index contributed by atoms with van der Waals surface area (Å²) in [6, 6.07) is 7.04. The van der Waals surface area contributed by atoms with E-state index in [-0.39, 0.29) is 17.9 Å². The number of H-pyrrole nitrogens is 1. The van der Waals surface area contributed by atoms with Gasteiger partial charge in [0.05, 0.1) is 29.3 Å². The second-order valence-corrected chi connectivity index (χ2v) is 5.36. The molecule has 0 aliphatic rings. The van der Waals surface area contributed by atoms with Gasteiger partial charge in [-0.15, -0.1) is 11.3 Å². The van der Waals surface area contributed by atoms with Crippen LogP contribution in [-0.2, 0) is 16.0 Å². The molecule has 108 valence electrons. The fourth-order valence-corrected chi connectivity index (χ4v) is 2.74. The Bertz CT molecular complexity index is 833. The Hall–Kier alpha value is -2.41. The lowest BCUT2D eigenvalue weighted by Crippen LogP contribution is -2.17. The molecule has 0 radical (unpaired) electrons. The predicted octanol–water partition coefficient (Wildman–Crippen LogP) is 1.86. The number of thiophene rings is 1. The van der Waals surface area contributed by atoms with Gasteiger partial charge in [-0.05, 0) is 18.4 Å². The molecule has 0 saturated carbocycles. The van der Waals surface area contributed by atoms with Crippen LogP contribution in [0, 0.1) is 0 Å². The van der Waals surface area contributed by atoms with E-state index in [1.807, 2.05) is 17.5 Å². The summed E-state index contributed by atoms with van der Waals surface area (Å²) < 4.78 is 6.23. The molecule has 0 unspecified atom stereocenters. The number of nitrogens with one attached hydrogen (secondary N) is 1. The van der Waals surface area contributed by atoms with E-state index in [1.165, 1.54) is 10.6 Å². The third kappa shape index (κ3) is 2.73. The average Bonchev–Trinajstić information content (AvgIpc) is 3.07. The Morgan fingerprint density at radius 1 is 1.48 bits per heavy atom. The lowest BCUT2D eigenvalue weighted by Gasteiger charge is -2.01. The third-order valence-electron chi connectivity index (χ3n) is 2.92. The molecular formula is C14H13N3O3S. The second kappa shape index (κ2) is 5.53. The summed E-state index contributed by atoms with van der Waals surface area (Å²) in [5.41, 5.74) is 1.48. The number of aromatic amines is 1. The zero-order chi connectivity index (χ0) is 14.8. The highest BCUT2D eigenvalue weighted by Crippen LogP contribution is 2.23. The largest absolute Gasteiger partial charge is 0.466 e. The minimum Gasteiger partial charge on any atom is -0.466 e. The van der Waals surface area contributed by atoms with E-state index in [2.05, 4.69) is 10.1 Å². The van der Waals surface area contributed by atoms with Gasteiger partial charge in [-0.3, -0.25) is 14.7 Å². The molecule has 3 aromatic heterocycles. The number of hydrogen-bond donors (Lipinski definition) is 1. The number of esters is 1. The van der Waals surface area contributed by atoms with Gasteiger partial charge in [-0.25, -0.2) is 9.50 Å². The Labute approximate surface area is 124 Å². The zero-order valence-electron chi connectivity index (χ0n) is 11.3. The Kier molecular flexibility index (Phi) is 3.57. The first-order valence-corrected chi connectivity index (χ1v) is 7.36. The van der Waals surface area contributed by atoms with Crippen LogP contribution in [0.3, 0.4) is 0 Å². The Morgan fingerprint density at radius 2 is 2.33 bits per heavy atom. The number of carbonyl (C=O) groups excluding carboxylic acids is 1. The molecule has 3 aromatic rings. The summed E-state index contributed by atoms with van der Waals surface area (Å²) >= 11 is 1.57. The quantitative estimate of drug-likeness (QED) is 0.746. The van der Waals surface area contributed by atoms with Crippen molar-refractivity contribution in [3.05, 3.63) is 45.7 Å². The van der Waals surface area contributed by atoms with Gasteiger partial charge in [-0.2, -0.15) is 0 Å². The van der Waals surface area contributed by atoms with Crippen LogP contribution in [0.15, 0.2) is 34.4 Å². The number of aromatic nitrogens is 3. The number of nitrogens with zero attached hydrogens (tertiary/aromatic N) is 2. The topological polar surface area (TPSA) is 76.5 Å². The van der Waals surface area contributed by atoms with Crippen LogP contribution < -0.4 is 5.56 Å². The predicted molar refractivity (Wildman–Crippen MR) is 79.5 cm³/mol. The molecule has 0 spiro atoms. The lowest BCUT2D eigenvalue weighted by molar-refractivity contribution is -0.142. The smallest absolute Gasteiger partial charge is 0.311 e. The van der Waals surface area contributed by atoms with Crippen molar-refractivity contribution in [3.63, 3.8) is 0 Å². The summed E-state index contributed by atoms with van der Waals surface area (Å²) in [6.07, 6.45) is -0.000898. The molecule has 0 fully saturated rings. The van der Waals surface area contributed by atoms with Gasteiger partial charge in [0.2, 0.25) is 0 Å². The maximum absolute atomic E-state index is 12.1. The highest BCUT2D eigenvalue weighted by Gasteiger charge is 2.11. The van der Waals surface area contributed by atoms with E-state index in [1.54, 1.807) is 24.3 Å². The van der Waals surface area contributed by atoms with Gasteiger partial charge in [0.25, 0.3) is 5.56 Å². The molecule has 0 atom stereocenters. The average molecular weight is 303 g/mol. The van der Waals surface area contributed by atoms with Crippen molar-refractivity contribution in [1.82, 2.24) is 14.6 Å². The van der Waals surface area contributed by atoms with Crippen LogP contribution in [0.25, 0.3) is 16.2 Å². The van der Waals surface area contributed by atoms with Crippen LogP contribution in [0.1, 0.15) is 12.6 Å². The monoisotopic (exact) mass is 303 g/mol. The van der Waals surface area contributed by atoms with Crippen molar-refractivity contribution in [3.8, 4) is 10.6 Å². The van der Waals surface area contributed by atoms with Crippen LogP contribution in [-0.4, -0.2) is 27.2 Å². The molecule has 3 rings (SSSR count). The van der Waals surface area contributed by atoms with Crippen molar-refractivity contribution in [2.24, 2.45) is 0 Å². The van der Waals surface area contributed by atoms with Crippen molar-refractivity contribution < 1.29 is 9.53 Å². The fourth-order valence-electron chi connectivity index (χ4n) is 2.05. The van der Waals surface area contributed by atoms with E-state index >= 15 is 0 Å². The van der Waals surface area contributed by atoms with Gasteiger partial charge < -0.3 is 4.74 Å². The maximum atomic E-state index is 12.1. The molecule has 0 aliphatic carbocycles. The van der Waals surface area contributed by atoms with Gasteiger partial charge >= 0.3 is 5.97 Å². The summed E-state index contributed by atoms with van der Waals surface area (Å²) in [5, 5.41) is 4.97. The van der Waals surface area contributed by atoms with E-state index in [9.17, 15) is 9.59 Å². The molecule has 7 heteroatoms. The van der Waals surface area contributed by atoms with Gasteiger partial charge in [0, 0.05) is 12.1 Å². The van der Waals surface area contributed by atoms with E-state index < -0.39 is 0 Å². The normalized spacial score (nSPS) is 10.9. The number of carbonyl (C=O) groups is 1. The number of fused-ring (bicyclic) bond motifs is 1. The van der Waals surface area contributed by atoms with Crippen LogP contribution in [0.5, 0.6) is 0 Å². The summed E-state index contributed by atoms with van der Waals surface area (Å²) in [5.74, 6) is -0.386.